The minimum atomic E-state index is -1.05. The van der Waals surface area contributed by atoms with Gasteiger partial charge in [0.1, 0.15) is 11.1 Å². The van der Waals surface area contributed by atoms with Crippen LogP contribution in [-0.4, -0.2) is 52.4 Å². The van der Waals surface area contributed by atoms with Gasteiger partial charge in [-0.1, -0.05) is 11.3 Å². The summed E-state index contributed by atoms with van der Waals surface area (Å²) in [7, 11) is 1.34. The SMILES string of the molecule is COC(=O)C1(c2cn(-c3cc(C)ccc3C(=O)O)nn2)CCOCC1. The fraction of sp³-hybridized carbons (Fsp3) is 0.412. The number of nitrogens with zero attached hydrogens (tertiary/aromatic N) is 3. The Kier molecular flexibility index (Phi) is 4.54. The molecule has 0 saturated carbocycles. The summed E-state index contributed by atoms with van der Waals surface area (Å²) in [5, 5.41) is 17.6. The Balaban J connectivity index is 2.07. The van der Waals surface area contributed by atoms with E-state index in [1.807, 2.05) is 6.92 Å². The van der Waals surface area contributed by atoms with Crippen molar-refractivity contribution in [1.82, 2.24) is 15.0 Å². The second-order valence-corrected chi connectivity index (χ2v) is 6.06. The summed E-state index contributed by atoms with van der Waals surface area (Å²) < 4.78 is 11.7. The molecule has 2 aromatic rings. The zero-order valence-corrected chi connectivity index (χ0v) is 14.1. The average Bonchev–Trinajstić information content (AvgIpc) is 3.11. The van der Waals surface area contributed by atoms with E-state index < -0.39 is 11.4 Å². The van der Waals surface area contributed by atoms with Crippen LogP contribution in [0, 0.1) is 6.92 Å². The van der Waals surface area contributed by atoms with E-state index in [0.717, 1.165) is 5.56 Å². The minimum Gasteiger partial charge on any atom is -0.478 e. The van der Waals surface area contributed by atoms with Crippen LogP contribution in [0.25, 0.3) is 5.69 Å². The van der Waals surface area contributed by atoms with Gasteiger partial charge in [-0.3, -0.25) is 4.79 Å². The second-order valence-electron chi connectivity index (χ2n) is 6.06. The number of aromatic carboxylic acids is 1. The molecule has 0 bridgehead atoms. The number of methoxy groups -OCH3 is 1. The Morgan fingerprint density at radius 1 is 1.32 bits per heavy atom. The highest BCUT2D eigenvalue weighted by molar-refractivity contribution is 5.92. The molecule has 8 nitrogen and oxygen atoms in total. The van der Waals surface area contributed by atoms with Gasteiger partial charge in [-0.05, 0) is 37.5 Å². The van der Waals surface area contributed by atoms with Crippen molar-refractivity contribution in [1.29, 1.82) is 0 Å². The first-order chi connectivity index (χ1) is 12.0. The lowest BCUT2D eigenvalue weighted by atomic mass is 9.77. The van der Waals surface area contributed by atoms with Gasteiger partial charge in [0, 0.05) is 13.2 Å². The molecule has 1 N–H and O–H groups in total. The molecule has 132 valence electrons. The molecule has 0 unspecified atom stereocenters. The van der Waals surface area contributed by atoms with Crippen LogP contribution in [0.3, 0.4) is 0 Å². The zero-order chi connectivity index (χ0) is 18.0. The number of rotatable bonds is 4. The van der Waals surface area contributed by atoms with E-state index >= 15 is 0 Å². The molecular formula is C17H19N3O5. The number of carboxylic acids is 1. The van der Waals surface area contributed by atoms with Crippen molar-refractivity contribution in [2.75, 3.05) is 20.3 Å². The Hall–Kier alpha value is -2.74. The number of carbonyl (C=O) groups is 2. The molecule has 1 aromatic carbocycles. The zero-order valence-electron chi connectivity index (χ0n) is 14.1. The monoisotopic (exact) mass is 345 g/mol. The predicted octanol–water partition coefficient (Wildman–Crippen LogP) is 1.50. The average molecular weight is 345 g/mol. The summed E-state index contributed by atoms with van der Waals surface area (Å²) in [6.45, 7) is 2.71. The summed E-state index contributed by atoms with van der Waals surface area (Å²) >= 11 is 0. The van der Waals surface area contributed by atoms with Crippen molar-refractivity contribution in [3.63, 3.8) is 0 Å². The summed E-state index contributed by atoms with van der Waals surface area (Å²) in [5.74, 6) is -1.44. The maximum Gasteiger partial charge on any atom is 0.337 e. The fourth-order valence-electron chi connectivity index (χ4n) is 3.09. The molecule has 25 heavy (non-hydrogen) atoms. The number of esters is 1. The van der Waals surface area contributed by atoms with E-state index in [0.29, 0.717) is 37.4 Å². The van der Waals surface area contributed by atoms with Gasteiger partial charge in [-0.2, -0.15) is 0 Å². The van der Waals surface area contributed by atoms with Crippen LogP contribution in [0.5, 0.6) is 0 Å². The maximum atomic E-state index is 12.4. The van der Waals surface area contributed by atoms with E-state index in [1.54, 1.807) is 18.3 Å². The third kappa shape index (κ3) is 3.00. The van der Waals surface area contributed by atoms with Crippen molar-refractivity contribution in [2.24, 2.45) is 0 Å². The molecular weight excluding hydrogens is 326 g/mol. The Morgan fingerprint density at radius 3 is 2.68 bits per heavy atom. The number of aromatic nitrogens is 3. The van der Waals surface area contributed by atoms with Crippen molar-refractivity contribution in [2.45, 2.75) is 25.2 Å². The molecule has 2 heterocycles. The smallest absolute Gasteiger partial charge is 0.337 e. The first-order valence-electron chi connectivity index (χ1n) is 7.91. The first kappa shape index (κ1) is 17.1. The fourth-order valence-corrected chi connectivity index (χ4v) is 3.09. The normalized spacial score (nSPS) is 16.4. The van der Waals surface area contributed by atoms with Gasteiger partial charge in [0.05, 0.1) is 24.6 Å². The van der Waals surface area contributed by atoms with E-state index in [9.17, 15) is 14.7 Å². The number of carbonyl (C=O) groups excluding carboxylic acids is 1. The lowest BCUT2D eigenvalue weighted by Crippen LogP contribution is -2.42. The van der Waals surface area contributed by atoms with Crippen LogP contribution in [0.2, 0.25) is 0 Å². The topological polar surface area (TPSA) is 104 Å². The van der Waals surface area contributed by atoms with Gasteiger partial charge in [0.2, 0.25) is 0 Å². The van der Waals surface area contributed by atoms with E-state index in [4.69, 9.17) is 9.47 Å². The Morgan fingerprint density at radius 2 is 2.04 bits per heavy atom. The molecule has 0 atom stereocenters. The van der Waals surface area contributed by atoms with Crippen LogP contribution < -0.4 is 0 Å². The molecule has 1 aromatic heterocycles. The van der Waals surface area contributed by atoms with Crippen molar-refractivity contribution in [3.05, 3.63) is 41.2 Å². The molecule has 1 saturated heterocycles. The standard InChI is InChI=1S/C17H19N3O5/c1-11-3-4-12(15(21)22)13(9-11)20-10-14(18-19-20)17(16(23)24-2)5-7-25-8-6-17/h3-4,9-10H,5-8H2,1-2H3,(H,21,22). The van der Waals surface area contributed by atoms with Crippen LogP contribution in [0.1, 0.15) is 34.5 Å². The van der Waals surface area contributed by atoms with E-state index in [-0.39, 0.29) is 11.5 Å². The number of carboxylic acid groups (broad SMARTS) is 1. The van der Waals surface area contributed by atoms with Crippen LogP contribution >= 0.6 is 0 Å². The Labute approximate surface area is 144 Å². The van der Waals surface area contributed by atoms with Crippen LogP contribution in [0.15, 0.2) is 24.4 Å². The van der Waals surface area contributed by atoms with Gasteiger partial charge in [-0.25, -0.2) is 9.48 Å². The third-order valence-electron chi connectivity index (χ3n) is 4.54. The maximum absolute atomic E-state index is 12.4. The first-order valence-corrected chi connectivity index (χ1v) is 7.91. The summed E-state index contributed by atoms with van der Waals surface area (Å²) in [6.07, 6.45) is 2.49. The van der Waals surface area contributed by atoms with Crippen LogP contribution in [-0.2, 0) is 19.7 Å². The van der Waals surface area contributed by atoms with Crippen molar-refractivity contribution < 1.29 is 24.2 Å². The highest BCUT2D eigenvalue weighted by atomic mass is 16.5. The number of hydrogen-bond acceptors (Lipinski definition) is 6. The summed E-state index contributed by atoms with van der Waals surface area (Å²) in [4.78, 5) is 23.9. The van der Waals surface area contributed by atoms with Gasteiger partial charge in [0.15, 0.2) is 0 Å². The molecule has 1 fully saturated rings. The number of benzene rings is 1. The molecule has 0 aliphatic carbocycles. The quantitative estimate of drug-likeness (QED) is 0.837. The number of hydrogen-bond donors (Lipinski definition) is 1. The molecule has 0 amide bonds. The van der Waals surface area contributed by atoms with Crippen molar-refractivity contribution in [3.8, 4) is 5.69 Å². The largest absolute Gasteiger partial charge is 0.478 e. The third-order valence-corrected chi connectivity index (χ3v) is 4.54. The lowest BCUT2D eigenvalue weighted by Gasteiger charge is -2.32. The van der Waals surface area contributed by atoms with Gasteiger partial charge in [-0.15, -0.1) is 5.10 Å². The molecule has 1 aliphatic heterocycles. The van der Waals surface area contributed by atoms with Gasteiger partial charge >= 0.3 is 11.9 Å². The predicted molar refractivity (Wildman–Crippen MR) is 86.8 cm³/mol. The summed E-state index contributed by atoms with van der Waals surface area (Å²) in [6, 6.07) is 4.97. The number of ether oxygens (including phenoxy) is 2. The highest BCUT2D eigenvalue weighted by Gasteiger charge is 2.45. The molecule has 0 spiro atoms. The lowest BCUT2D eigenvalue weighted by molar-refractivity contribution is -0.151. The van der Waals surface area contributed by atoms with Crippen LogP contribution in [0.4, 0.5) is 0 Å². The van der Waals surface area contributed by atoms with Gasteiger partial charge in [0.25, 0.3) is 0 Å². The van der Waals surface area contributed by atoms with Gasteiger partial charge < -0.3 is 14.6 Å². The molecule has 3 rings (SSSR count). The second kappa shape index (κ2) is 6.64. The molecule has 1 aliphatic rings. The molecule has 0 radical (unpaired) electrons. The Bertz CT molecular complexity index is 808. The summed E-state index contributed by atoms with van der Waals surface area (Å²) in [5.41, 5.74) is 0.948. The minimum absolute atomic E-state index is 0.112. The van der Waals surface area contributed by atoms with Crippen molar-refractivity contribution >= 4 is 11.9 Å². The highest BCUT2D eigenvalue weighted by Crippen LogP contribution is 2.35. The van der Waals surface area contributed by atoms with E-state index in [1.165, 1.54) is 17.9 Å². The number of aryl methyl sites for hydroxylation is 1. The molecule has 8 heteroatoms. The van der Waals surface area contributed by atoms with E-state index in [2.05, 4.69) is 10.3 Å².